The predicted molar refractivity (Wildman–Crippen MR) is 64.5 cm³/mol. The van der Waals surface area contributed by atoms with Gasteiger partial charge >= 0.3 is 18.2 Å². The maximum absolute atomic E-state index is 12.2. The van der Waals surface area contributed by atoms with Gasteiger partial charge < -0.3 is 15.3 Å². The maximum Gasteiger partial charge on any atom is 0.406 e. The smallest absolute Gasteiger partial charge is 0.406 e. The Hall–Kier alpha value is -1.84. The van der Waals surface area contributed by atoms with Gasteiger partial charge in [0.2, 0.25) is 0 Å². The number of carbonyl (C=O) groups is 2. The Labute approximate surface area is 116 Å². The number of halogens is 3. The summed E-state index contributed by atoms with van der Waals surface area (Å²) in [6.45, 7) is -2.54. The summed E-state index contributed by atoms with van der Waals surface area (Å²) in [5, 5.41) is 12.5. The SMILES string of the molecule is O=C(O)CN(CC(F)(F)F)C(=O)NCCc1cscn1. The van der Waals surface area contributed by atoms with Crippen LogP contribution in [-0.4, -0.2) is 52.8 Å². The molecule has 1 rings (SSSR count). The highest BCUT2D eigenvalue weighted by Crippen LogP contribution is 2.16. The third-order valence-corrected chi connectivity index (χ3v) is 2.76. The first kappa shape index (κ1) is 16.2. The molecule has 0 aliphatic rings. The summed E-state index contributed by atoms with van der Waals surface area (Å²) < 4.78 is 36.7. The van der Waals surface area contributed by atoms with Crippen molar-refractivity contribution >= 4 is 23.3 Å². The van der Waals surface area contributed by atoms with Crippen LogP contribution in [0.25, 0.3) is 0 Å². The van der Waals surface area contributed by atoms with Crippen molar-refractivity contribution in [1.82, 2.24) is 15.2 Å². The molecule has 0 aliphatic carbocycles. The van der Waals surface area contributed by atoms with Crippen LogP contribution in [0.1, 0.15) is 5.69 Å². The standard InChI is InChI=1S/C10H12F3N3O3S/c11-10(12,13)5-16(3-8(17)18)9(19)14-2-1-7-4-20-6-15-7/h4,6H,1-3,5H2,(H,14,19)(H,17,18). The van der Waals surface area contributed by atoms with Crippen LogP contribution >= 0.6 is 11.3 Å². The van der Waals surface area contributed by atoms with Crippen LogP contribution in [0.15, 0.2) is 10.9 Å². The molecule has 0 aliphatic heterocycles. The molecule has 0 saturated carbocycles. The molecule has 1 aromatic heterocycles. The van der Waals surface area contributed by atoms with Gasteiger partial charge in [-0.3, -0.25) is 4.79 Å². The van der Waals surface area contributed by atoms with Crippen molar-refractivity contribution in [2.45, 2.75) is 12.6 Å². The van der Waals surface area contributed by atoms with Crippen LogP contribution < -0.4 is 5.32 Å². The Bertz CT molecular complexity index is 450. The molecule has 0 saturated heterocycles. The van der Waals surface area contributed by atoms with Gasteiger partial charge in [0.1, 0.15) is 13.1 Å². The fourth-order valence-electron chi connectivity index (χ4n) is 1.35. The first-order valence-electron chi connectivity index (χ1n) is 5.46. The summed E-state index contributed by atoms with van der Waals surface area (Å²) in [6.07, 6.45) is -4.29. The lowest BCUT2D eigenvalue weighted by Gasteiger charge is -2.22. The number of rotatable bonds is 6. The molecule has 0 fully saturated rings. The third kappa shape index (κ3) is 6.36. The van der Waals surface area contributed by atoms with Crippen molar-refractivity contribution in [3.8, 4) is 0 Å². The lowest BCUT2D eigenvalue weighted by molar-refractivity contribution is -0.148. The molecule has 10 heteroatoms. The molecule has 2 N–H and O–H groups in total. The molecule has 0 spiro atoms. The Morgan fingerprint density at radius 3 is 2.65 bits per heavy atom. The van der Waals surface area contributed by atoms with E-state index in [0.29, 0.717) is 12.1 Å². The second-order valence-electron chi connectivity index (χ2n) is 3.83. The van der Waals surface area contributed by atoms with Gasteiger partial charge in [-0.15, -0.1) is 11.3 Å². The molecule has 1 aromatic rings. The largest absolute Gasteiger partial charge is 0.480 e. The molecule has 20 heavy (non-hydrogen) atoms. The molecule has 1 heterocycles. The van der Waals surface area contributed by atoms with E-state index in [1.165, 1.54) is 11.3 Å². The highest BCUT2D eigenvalue weighted by molar-refractivity contribution is 7.07. The van der Waals surface area contributed by atoms with E-state index >= 15 is 0 Å². The van der Waals surface area contributed by atoms with Crippen LogP contribution in [0.4, 0.5) is 18.0 Å². The number of alkyl halides is 3. The van der Waals surface area contributed by atoms with Gasteiger partial charge in [-0.1, -0.05) is 0 Å². The van der Waals surface area contributed by atoms with Gasteiger partial charge in [0, 0.05) is 18.3 Å². The average Bonchev–Trinajstić information content (AvgIpc) is 2.78. The zero-order valence-electron chi connectivity index (χ0n) is 10.2. The van der Waals surface area contributed by atoms with Crippen LogP contribution in [0.5, 0.6) is 0 Å². The summed E-state index contributed by atoms with van der Waals surface area (Å²) in [5.74, 6) is -1.51. The van der Waals surface area contributed by atoms with Gasteiger partial charge in [-0.2, -0.15) is 13.2 Å². The second kappa shape index (κ2) is 7.08. The fraction of sp³-hybridized carbons (Fsp3) is 0.500. The molecule has 0 unspecified atom stereocenters. The number of amides is 2. The monoisotopic (exact) mass is 311 g/mol. The van der Waals surface area contributed by atoms with Crippen molar-refractivity contribution in [3.05, 3.63) is 16.6 Å². The summed E-state index contributed by atoms with van der Waals surface area (Å²) in [7, 11) is 0. The van der Waals surface area contributed by atoms with E-state index in [2.05, 4.69) is 10.3 Å². The highest BCUT2D eigenvalue weighted by atomic mass is 32.1. The number of hydrogen-bond donors (Lipinski definition) is 2. The van der Waals surface area contributed by atoms with Crippen molar-refractivity contribution in [1.29, 1.82) is 0 Å². The highest BCUT2D eigenvalue weighted by Gasteiger charge is 2.33. The van der Waals surface area contributed by atoms with Crippen molar-refractivity contribution in [2.24, 2.45) is 0 Å². The van der Waals surface area contributed by atoms with Crippen LogP contribution in [-0.2, 0) is 11.2 Å². The number of carboxylic acids is 1. The molecule has 0 atom stereocenters. The van der Waals surface area contributed by atoms with E-state index in [1.54, 1.807) is 10.9 Å². The summed E-state index contributed by atoms with van der Waals surface area (Å²) in [6, 6.07) is -1.07. The number of thiazole rings is 1. The minimum Gasteiger partial charge on any atom is -0.480 e. The Kier molecular flexibility index (Phi) is 5.74. The quantitative estimate of drug-likeness (QED) is 0.830. The summed E-state index contributed by atoms with van der Waals surface area (Å²) >= 11 is 1.36. The molecule has 6 nitrogen and oxygen atoms in total. The van der Waals surface area contributed by atoms with E-state index in [0.717, 1.165) is 0 Å². The molecule has 0 bridgehead atoms. The Morgan fingerprint density at radius 1 is 1.45 bits per heavy atom. The van der Waals surface area contributed by atoms with Gasteiger partial charge in [-0.25, -0.2) is 9.78 Å². The maximum atomic E-state index is 12.2. The minimum absolute atomic E-state index is 0.0799. The number of nitrogens with zero attached hydrogens (tertiary/aromatic N) is 2. The fourth-order valence-corrected chi connectivity index (χ4v) is 1.94. The van der Waals surface area contributed by atoms with Crippen molar-refractivity contribution in [3.63, 3.8) is 0 Å². The Balaban J connectivity index is 2.47. The number of urea groups is 1. The topological polar surface area (TPSA) is 82.5 Å². The van der Waals surface area contributed by atoms with Crippen molar-refractivity contribution < 1.29 is 27.9 Å². The van der Waals surface area contributed by atoms with Crippen molar-refractivity contribution in [2.75, 3.05) is 19.6 Å². The molecule has 0 radical (unpaired) electrons. The lowest BCUT2D eigenvalue weighted by Crippen LogP contribution is -2.47. The number of aromatic nitrogens is 1. The van der Waals surface area contributed by atoms with Gasteiger partial charge in [-0.05, 0) is 0 Å². The normalized spacial score (nSPS) is 11.2. The lowest BCUT2D eigenvalue weighted by atomic mass is 10.3. The number of carbonyl (C=O) groups excluding carboxylic acids is 1. The molecule has 112 valence electrons. The zero-order valence-corrected chi connectivity index (χ0v) is 11.0. The van der Waals surface area contributed by atoms with Crippen LogP contribution in [0.2, 0.25) is 0 Å². The summed E-state index contributed by atoms with van der Waals surface area (Å²) in [5.41, 5.74) is 2.30. The molecular weight excluding hydrogens is 299 g/mol. The average molecular weight is 311 g/mol. The van der Waals surface area contributed by atoms with E-state index in [9.17, 15) is 22.8 Å². The molecule has 2 amide bonds. The van der Waals surface area contributed by atoms with E-state index < -0.39 is 31.3 Å². The second-order valence-corrected chi connectivity index (χ2v) is 4.55. The predicted octanol–water partition coefficient (Wildman–Crippen LogP) is 1.34. The minimum atomic E-state index is -4.65. The van der Waals surface area contributed by atoms with Crippen LogP contribution in [0.3, 0.4) is 0 Å². The van der Waals surface area contributed by atoms with E-state index in [4.69, 9.17) is 5.11 Å². The Morgan fingerprint density at radius 2 is 2.15 bits per heavy atom. The number of nitrogens with one attached hydrogen (secondary N) is 1. The van der Waals surface area contributed by atoms with E-state index in [-0.39, 0.29) is 11.4 Å². The number of carboxylic acid groups (broad SMARTS) is 1. The van der Waals surface area contributed by atoms with Gasteiger partial charge in [0.15, 0.2) is 0 Å². The first-order chi connectivity index (χ1) is 9.28. The zero-order chi connectivity index (χ0) is 15.2. The van der Waals surface area contributed by atoms with Crippen LogP contribution in [0, 0.1) is 0 Å². The van der Waals surface area contributed by atoms with Gasteiger partial charge in [0.05, 0.1) is 11.2 Å². The third-order valence-electron chi connectivity index (χ3n) is 2.12. The van der Waals surface area contributed by atoms with Gasteiger partial charge in [0.25, 0.3) is 0 Å². The molecular formula is C10H12F3N3O3S. The summed E-state index contributed by atoms with van der Waals surface area (Å²) in [4.78, 5) is 26.1. The first-order valence-corrected chi connectivity index (χ1v) is 6.40. The number of hydrogen-bond acceptors (Lipinski definition) is 4. The molecule has 0 aromatic carbocycles. The number of aliphatic carboxylic acids is 1. The van der Waals surface area contributed by atoms with E-state index in [1.807, 2.05) is 0 Å².